The fourth-order valence-electron chi connectivity index (χ4n) is 4.57. The van der Waals surface area contributed by atoms with Gasteiger partial charge in [-0.25, -0.2) is 23.5 Å². The van der Waals surface area contributed by atoms with Gasteiger partial charge in [0.05, 0.1) is 12.2 Å². The Hall–Kier alpha value is -3.86. The summed E-state index contributed by atoms with van der Waals surface area (Å²) < 4.78 is 4.44. The molecule has 1 aromatic heterocycles. The highest BCUT2D eigenvalue weighted by molar-refractivity contribution is 5.75. The van der Waals surface area contributed by atoms with Crippen LogP contribution in [0.15, 0.2) is 112 Å². The second-order valence-corrected chi connectivity index (χ2v) is 7.92. The third-order valence-corrected chi connectivity index (χ3v) is 5.92. The largest absolute Gasteiger partial charge is 0.352 e. The van der Waals surface area contributed by atoms with Crippen LogP contribution in [-0.2, 0) is 6.54 Å². The summed E-state index contributed by atoms with van der Waals surface area (Å²) in [5.74, 6) is 0. The second-order valence-electron chi connectivity index (χ2n) is 7.92. The Labute approximate surface area is 180 Å². The van der Waals surface area contributed by atoms with Gasteiger partial charge in [-0.3, -0.25) is 0 Å². The van der Waals surface area contributed by atoms with Crippen molar-refractivity contribution in [2.75, 3.05) is 0 Å². The molecule has 1 aliphatic heterocycles. The number of para-hydroxylation sites is 1. The molecule has 154 valence electrons. The van der Waals surface area contributed by atoms with E-state index in [2.05, 4.69) is 18.7 Å². The van der Waals surface area contributed by atoms with Crippen molar-refractivity contribution in [1.82, 2.24) is 13.9 Å². The van der Waals surface area contributed by atoms with Crippen LogP contribution in [0.3, 0.4) is 0 Å². The van der Waals surface area contributed by atoms with Crippen molar-refractivity contribution in [3.63, 3.8) is 0 Å². The molecule has 2 heterocycles. The zero-order valence-corrected chi connectivity index (χ0v) is 17.4. The quantitative estimate of drug-likeness (QED) is 0.646. The molecule has 2 aliphatic rings. The lowest BCUT2D eigenvalue weighted by atomic mass is 9.86. The summed E-state index contributed by atoms with van der Waals surface area (Å²) in [6, 6.07) is 18.7. The molecule has 0 bridgehead atoms. The zero-order chi connectivity index (χ0) is 21.5. The molecular weight excluding hydrogens is 386 g/mol. The van der Waals surface area contributed by atoms with Gasteiger partial charge >= 0.3 is 11.4 Å². The molecule has 0 saturated heterocycles. The predicted molar refractivity (Wildman–Crippen MR) is 123 cm³/mol. The van der Waals surface area contributed by atoms with Crippen molar-refractivity contribution in [3.05, 3.63) is 129 Å². The van der Waals surface area contributed by atoms with Crippen LogP contribution in [0.1, 0.15) is 24.9 Å². The van der Waals surface area contributed by atoms with Gasteiger partial charge in [0, 0.05) is 0 Å². The number of rotatable bonds is 4. The summed E-state index contributed by atoms with van der Waals surface area (Å²) in [7, 11) is 0. The van der Waals surface area contributed by atoms with Crippen molar-refractivity contribution in [2.45, 2.75) is 25.9 Å². The van der Waals surface area contributed by atoms with E-state index in [4.69, 9.17) is 0 Å². The van der Waals surface area contributed by atoms with Gasteiger partial charge in [-0.05, 0) is 47.8 Å². The molecule has 31 heavy (non-hydrogen) atoms. The van der Waals surface area contributed by atoms with Gasteiger partial charge in [0.2, 0.25) is 0 Å². The molecule has 1 aliphatic carbocycles. The molecular formula is C26H23N3O2. The molecule has 5 rings (SSSR count). The average Bonchev–Trinajstić information content (AvgIpc) is 3.41. The molecule has 2 aromatic carbocycles. The van der Waals surface area contributed by atoms with E-state index >= 15 is 0 Å². The van der Waals surface area contributed by atoms with E-state index < -0.39 is 6.04 Å². The summed E-state index contributed by atoms with van der Waals surface area (Å²) in [6.07, 6.45) is 7.05. The average molecular weight is 409 g/mol. The van der Waals surface area contributed by atoms with Crippen molar-refractivity contribution in [3.8, 4) is 5.69 Å². The number of allylic oxidation sites excluding steroid dienone is 7. The molecule has 5 heteroatoms. The minimum atomic E-state index is -0.398. The molecule has 1 unspecified atom stereocenters. The first-order valence-corrected chi connectivity index (χ1v) is 10.4. The van der Waals surface area contributed by atoms with E-state index in [1.165, 1.54) is 4.57 Å². The topological polar surface area (TPSA) is 48.9 Å². The van der Waals surface area contributed by atoms with Gasteiger partial charge in [-0.15, -0.1) is 0 Å². The Morgan fingerprint density at radius 1 is 0.968 bits per heavy atom. The maximum absolute atomic E-state index is 13.6. The van der Waals surface area contributed by atoms with Crippen LogP contribution < -0.4 is 11.4 Å². The molecule has 0 saturated carbocycles. The Morgan fingerprint density at radius 2 is 1.65 bits per heavy atom. The molecule has 0 N–H and O–H groups in total. The van der Waals surface area contributed by atoms with E-state index in [1.807, 2.05) is 61.5 Å². The normalized spacial score (nSPS) is 17.6. The Morgan fingerprint density at radius 3 is 2.26 bits per heavy atom. The standard InChI is InChI=1S/C26H23N3O2/c1-18(2)23-22(19-11-5-3-6-12-19)17-27-25(30)28(21-15-7-4-8-16-21)26(31)29(27)24(23)20-13-9-10-14-20/h3-9,11-16,24H,1,10,17H2,2H3. The van der Waals surface area contributed by atoms with Crippen LogP contribution in [0.25, 0.3) is 11.3 Å². The first kappa shape index (κ1) is 19.1. The van der Waals surface area contributed by atoms with Gasteiger partial charge in [0.1, 0.15) is 6.04 Å². The van der Waals surface area contributed by atoms with Crippen LogP contribution in [-0.4, -0.2) is 13.9 Å². The van der Waals surface area contributed by atoms with Crippen molar-refractivity contribution in [2.24, 2.45) is 0 Å². The maximum atomic E-state index is 13.6. The summed E-state index contributed by atoms with van der Waals surface area (Å²) in [6.45, 7) is 6.53. The molecule has 0 radical (unpaired) electrons. The second kappa shape index (κ2) is 7.43. The fourth-order valence-corrected chi connectivity index (χ4v) is 4.57. The molecule has 3 aromatic rings. The van der Waals surface area contributed by atoms with Crippen molar-refractivity contribution >= 4 is 5.57 Å². The number of fused-ring (bicyclic) bond motifs is 1. The van der Waals surface area contributed by atoms with Crippen LogP contribution in [0.2, 0.25) is 0 Å². The summed E-state index contributed by atoms with van der Waals surface area (Å²) >= 11 is 0. The van der Waals surface area contributed by atoms with Crippen LogP contribution in [0, 0.1) is 0 Å². The molecule has 0 amide bonds. The summed E-state index contributed by atoms with van der Waals surface area (Å²) in [4.78, 5) is 27.1. The van der Waals surface area contributed by atoms with Crippen molar-refractivity contribution < 1.29 is 0 Å². The number of hydrogen-bond donors (Lipinski definition) is 0. The highest BCUT2D eigenvalue weighted by Crippen LogP contribution is 2.40. The van der Waals surface area contributed by atoms with Gasteiger partial charge < -0.3 is 0 Å². The molecule has 0 fully saturated rings. The van der Waals surface area contributed by atoms with Gasteiger partial charge in [-0.2, -0.15) is 0 Å². The minimum Gasteiger partial charge on any atom is -0.245 e. The minimum absolute atomic E-state index is 0.313. The predicted octanol–water partition coefficient (Wildman–Crippen LogP) is 4.27. The van der Waals surface area contributed by atoms with Crippen LogP contribution in [0.5, 0.6) is 0 Å². The number of aromatic nitrogens is 3. The Kier molecular flexibility index (Phi) is 4.59. The van der Waals surface area contributed by atoms with Gasteiger partial charge in [-0.1, -0.05) is 78.9 Å². The molecule has 0 spiro atoms. The first-order chi connectivity index (χ1) is 15.1. The lowest BCUT2D eigenvalue weighted by Crippen LogP contribution is -2.37. The van der Waals surface area contributed by atoms with E-state index in [-0.39, 0.29) is 11.4 Å². The zero-order valence-electron chi connectivity index (χ0n) is 17.4. The lowest BCUT2D eigenvalue weighted by Gasteiger charge is -2.32. The van der Waals surface area contributed by atoms with Crippen LogP contribution in [0.4, 0.5) is 0 Å². The maximum Gasteiger partial charge on any atom is 0.352 e. The van der Waals surface area contributed by atoms with E-state index in [0.717, 1.165) is 34.3 Å². The first-order valence-electron chi connectivity index (χ1n) is 10.4. The number of hydrogen-bond acceptors (Lipinski definition) is 2. The van der Waals surface area contributed by atoms with E-state index in [9.17, 15) is 9.59 Å². The van der Waals surface area contributed by atoms with Gasteiger partial charge in [0.25, 0.3) is 0 Å². The Bertz CT molecular complexity index is 1380. The summed E-state index contributed by atoms with van der Waals surface area (Å²) in [5.41, 5.74) is 4.84. The molecule has 5 nitrogen and oxygen atoms in total. The number of benzene rings is 2. The SMILES string of the molecule is C=C(C)C1=C(c2ccccc2)Cn2c(=O)n(-c3ccccc3)c(=O)n2C1C1=CCC=C1. The lowest BCUT2D eigenvalue weighted by molar-refractivity contribution is 0.432. The highest BCUT2D eigenvalue weighted by atomic mass is 16.2. The van der Waals surface area contributed by atoms with E-state index in [0.29, 0.717) is 12.2 Å². The van der Waals surface area contributed by atoms with Gasteiger partial charge in [0.15, 0.2) is 0 Å². The third-order valence-electron chi connectivity index (χ3n) is 5.92. The van der Waals surface area contributed by atoms with E-state index in [1.54, 1.807) is 21.5 Å². The van der Waals surface area contributed by atoms with Crippen LogP contribution >= 0.6 is 0 Å². The number of nitrogens with zero attached hydrogens (tertiary/aromatic N) is 3. The highest BCUT2D eigenvalue weighted by Gasteiger charge is 2.35. The fraction of sp³-hybridized carbons (Fsp3) is 0.154. The summed E-state index contributed by atoms with van der Waals surface area (Å²) in [5, 5.41) is 0. The molecule has 1 atom stereocenters. The smallest absolute Gasteiger partial charge is 0.245 e. The Balaban J connectivity index is 1.83. The van der Waals surface area contributed by atoms with Crippen molar-refractivity contribution in [1.29, 1.82) is 0 Å². The monoisotopic (exact) mass is 409 g/mol. The third kappa shape index (κ3) is 3.01.